The quantitative estimate of drug-likeness (QED) is 0.579. The molecule has 0 bridgehead atoms. The first-order valence-electron chi connectivity index (χ1n) is 8.53. The number of amides is 1. The maximum Gasteiger partial charge on any atom is 0.325 e. The number of benzene rings is 2. The number of hydrogen-bond acceptors (Lipinski definition) is 3. The molecule has 0 fully saturated rings. The van der Waals surface area contributed by atoms with E-state index in [1.165, 1.54) is 0 Å². The van der Waals surface area contributed by atoms with Crippen molar-refractivity contribution in [3.05, 3.63) is 65.9 Å². The molecule has 1 aromatic heterocycles. The maximum atomic E-state index is 12.4. The van der Waals surface area contributed by atoms with Gasteiger partial charge in [-0.3, -0.25) is 9.59 Å². The topological polar surface area (TPSA) is 60.3 Å². The largest absolute Gasteiger partial charge is 0.465 e. The molecule has 3 aromatic rings. The van der Waals surface area contributed by atoms with Crippen molar-refractivity contribution in [1.29, 1.82) is 0 Å². The highest BCUT2D eigenvalue weighted by molar-refractivity contribution is 6.35. The van der Waals surface area contributed by atoms with Crippen LogP contribution in [0, 0.1) is 0 Å². The fourth-order valence-corrected chi connectivity index (χ4v) is 3.30. The number of carbonyl (C=O) groups is 2. The Hall–Kier alpha value is -3.34. The predicted octanol–water partition coefficient (Wildman–Crippen LogP) is 3.70. The lowest BCUT2D eigenvalue weighted by atomic mass is 10.0. The summed E-state index contributed by atoms with van der Waals surface area (Å²) in [6.07, 6.45) is 3.77. The first kappa shape index (κ1) is 16.1. The summed E-state index contributed by atoms with van der Waals surface area (Å²) in [6, 6.07) is 15.4. The average Bonchev–Trinajstić information content (AvgIpc) is 3.14. The molecule has 0 saturated carbocycles. The van der Waals surface area contributed by atoms with Crippen LogP contribution in [0.25, 0.3) is 22.6 Å². The van der Waals surface area contributed by atoms with Crippen LogP contribution in [0.4, 0.5) is 5.69 Å². The first-order chi connectivity index (χ1) is 12.7. The van der Waals surface area contributed by atoms with E-state index in [2.05, 4.69) is 5.32 Å². The Kier molecular flexibility index (Phi) is 4.05. The van der Waals surface area contributed by atoms with E-state index >= 15 is 0 Å². The Bertz CT molecular complexity index is 1050. The summed E-state index contributed by atoms with van der Waals surface area (Å²) in [4.78, 5) is 24.3. The number of aromatic nitrogens is 1. The number of esters is 1. The predicted molar refractivity (Wildman–Crippen MR) is 102 cm³/mol. The maximum absolute atomic E-state index is 12.4. The number of carbonyl (C=O) groups excluding carboxylic acids is 2. The molecule has 1 N–H and O–H groups in total. The minimum atomic E-state index is -0.281. The second kappa shape index (κ2) is 6.52. The molecule has 0 saturated heterocycles. The SMILES string of the molecule is CCOC(=O)Cn1cc(C=C2C(=O)Nc3ccccc32)c2ccccc21. The Morgan fingerprint density at radius 2 is 1.92 bits per heavy atom. The van der Waals surface area contributed by atoms with Gasteiger partial charge in [-0.15, -0.1) is 0 Å². The van der Waals surface area contributed by atoms with E-state index in [-0.39, 0.29) is 18.4 Å². The van der Waals surface area contributed by atoms with Gasteiger partial charge < -0.3 is 14.6 Å². The minimum Gasteiger partial charge on any atom is -0.465 e. The van der Waals surface area contributed by atoms with E-state index < -0.39 is 0 Å². The molecular weight excluding hydrogens is 328 g/mol. The standard InChI is InChI=1S/C21H18N2O3/c1-2-26-20(24)13-23-12-14(15-7-4-6-10-19(15)23)11-17-16-8-3-5-9-18(16)22-21(17)25/h3-12H,2,13H2,1H3,(H,22,25). The van der Waals surface area contributed by atoms with Crippen molar-refractivity contribution in [2.45, 2.75) is 13.5 Å². The number of para-hydroxylation sites is 2. The zero-order chi connectivity index (χ0) is 18.1. The van der Waals surface area contributed by atoms with Crippen LogP contribution in [0.1, 0.15) is 18.1 Å². The van der Waals surface area contributed by atoms with Gasteiger partial charge in [-0.1, -0.05) is 36.4 Å². The van der Waals surface area contributed by atoms with Crippen molar-refractivity contribution in [1.82, 2.24) is 4.57 Å². The fourth-order valence-electron chi connectivity index (χ4n) is 3.30. The molecule has 0 radical (unpaired) electrons. The number of ether oxygens (including phenoxy) is 1. The molecule has 1 aliphatic heterocycles. The van der Waals surface area contributed by atoms with Crippen molar-refractivity contribution < 1.29 is 14.3 Å². The van der Waals surface area contributed by atoms with E-state index in [0.29, 0.717) is 12.2 Å². The molecule has 1 aliphatic rings. The van der Waals surface area contributed by atoms with Gasteiger partial charge in [0.05, 0.1) is 6.61 Å². The van der Waals surface area contributed by atoms with Crippen molar-refractivity contribution in [3.8, 4) is 0 Å². The summed E-state index contributed by atoms with van der Waals surface area (Å²) in [6.45, 7) is 2.28. The third-order valence-corrected chi connectivity index (χ3v) is 4.43. The van der Waals surface area contributed by atoms with Gasteiger partial charge >= 0.3 is 5.97 Å². The van der Waals surface area contributed by atoms with Gasteiger partial charge in [-0.05, 0) is 25.1 Å². The van der Waals surface area contributed by atoms with Gasteiger partial charge in [0, 0.05) is 39.5 Å². The lowest BCUT2D eigenvalue weighted by molar-refractivity contribution is -0.143. The normalized spacial score (nSPS) is 14.5. The summed E-state index contributed by atoms with van der Waals surface area (Å²) in [7, 11) is 0. The number of fused-ring (bicyclic) bond motifs is 2. The molecule has 0 atom stereocenters. The lowest BCUT2D eigenvalue weighted by Gasteiger charge is -2.04. The van der Waals surface area contributed by atoms with Gasteiger partial charge in [0.15, 0.2) is 0 Å². The molecular formula is C21H18N2O3. The van der Waals surface area contributed by atoms with Crippen LogP contribution < -0.4 is 5.32 Å². The lowest BCUT2D eigenvalue weighted by Crippen LogP contribution is -2.12. The number of nitrogens with one attached hydrogen (secondary N) is 1. The second-order valence-corrected chi connectivity index (χ2v) is 6.09. The third kappa shape index (κ3) is 2.77. The van der Waals surface area contributed by atoms with Gasteiger partial charge in [0.2, 0.25) is 0 Å². The van der Waals surface area contributed by atoms with E-state index in [1.807, 2.05) is 65.4 Å². The van der Waals surface area contributed by atoms with E-state index in [9.17, 15) is 9.59 Å². The smallest absolute Gasteiger partial charge is 0.325 e. The zero-order valence-electron chi connectivity index (χ0n) is 14.4. The molecule has 5 nitrogen and oxygen atoms in total. The summed E-state index contributed by atoms with van der Waals surface area (Å²) < 4.78 is 6.92. The summed E-state index contributed by atoms with van der Waals surface area (Å²) in [5.74, 6) is -0.398. The highest BCUT2D eigenvalue weighted by Gasteiger charge is 2.24. The molecule has 130 valence electrons. The zero-order valence-corrected chi connectivity index (χ0v) is 14.4. The summed E-state index contributed by atoms with van der Waals surface area (Å²) >= 11 is 0. The Labute approximate surface area is 150 Å². The van der Waals surface area contributed by atoms with Crippen LogP contribution in [-0.4, -0.2) is 23.1 Å². The van der Waals surface area contributed by atoms with Crippen molar-refractivity contribution >= 4 is 40.1 Å². The molecule has 1 amide bonds. The molecule has 2 aromatic carbocycles. The van der Waals surface area contributed by atoms with Gasteiger partial charge in [0.1, 0.15) is 6.54 Å². The fraction of sp³-hybridized carbons (Fsp3) is 0.143. The summed E-state index contributed by atoms with van der Waals surface area (Å²) in [5.41, 5.74) is 4.16. The average molecular weight is 346 g/mol. The van der Waals surface area contributed by atoms with Crippen molar-refractivity contribution in [2.75, 3.05) is 11.9 Å². The van der Waals surface area contributed by atoms with Crippen LogP contribution >= 0.6 is 0 Å². The molecule has 4 rings (SSSR count). The number of anilines is 1. The van der Waals surface area contributed by atoms with Crippen LogP contribution in [0.15, 0.2) is 54.7 Å². The van der Waals surface area contributed by atoms with Crippen LogP contribution in [0.3, 0.4) is 0 Å². The van der Waals surface area contributed by atoms with Crippen LogP contribution in [0.5, 0.6) is 0 Å². The Morgan fingerprint density at radius 1 is 1.15 bits per heavy atom. The van der Waals surface area contributed by atoms with Crippen LogP contribution in [0.2, 0.25) is 0 Å². The van der Waals surface area contributed by atoms with E-state index in [4.69, 9.17) is 4.74 Å². The van der Waals surface area contributed by atoms with E-state index in [0.717, 1.165) is 27.7 Å². The van der Waals surface area contributed by atoms with Crippen molar-refractivity contribution in [3.63, 3.8) is 0 Å². The number of hydrogen-bond donors (Lipinski definition) is 1. The molecule has 0 aliphatic carbocycles. The Morgan fingerprint density at radius 3 is 2.77 bits per heavy atom. The molecule has 5 heteroatoms. The van der Waals surface area contributed by atoms with E-state index in [1.54, 1.807) is 6.92 Å². The highest BCUT2D eigenvalue weighted by Crippen LogP contribution is 2.34. The minimum absolute atomic E-state index is 0.117. The molecule has 0 unspecified atom stereocenters. The monoisotopic (exact) mass is 346 g/mol. The molecule has 2 heterocycles. The summed E-state index contributed by atoms with van der Waals surface area (Å²) in [5, 5.41) is 3.87. The van der Waals surface area contributed by atoms with Crippen LogP contribution in [-0.2, 0) is 20.9 Å². The van der Waals surface area contributed by atoms with Gasteiger partial charge in [0.25, 0.3) is 5.91 Å². The first-order valence-corrected chi connectivity index (χ1v) is 8.53. The molecule has 0 spiro atoms. The van der Waals surface area contributed by atoms with Crippen molar-refractivity contribution in [2.24, 2.45) is 0 Å². The van der Waals surface area contributed by atoms with Gasteiger partial charge in [-0.25, -0.2) is 0 Å². The second-order valence-electron chi connectivity index (χ2n) is 6.09. The Balaban J connectivity index is 1.80. The third-order valence-electron chi connectivity index (χ3n) is 4.43. The molecule has 26 heavy (non-hydrogen) atoms. The number of nitrogens with zero attached hydrogens (tertiary/aromatic N) is 1. The van der Waals surface area contributed by atoms with Gasteiger partial charge in [-0.2, -0.15) is 0 Å². The highest BCUT2D eigenvalue weighted by atomic mass is 16.5. The number of rotatable bonds is 4.